The van der Waals surface area contributed by atoms with E-state index in [0.29, 0.717) is 6.07 Å². The molecule has 0 heterocycles. The molecule has 1 rings (SSSR count). The summed E-state index contributed by atoms with van der Waals surface area (Å²) in [5, 5.41) is 0. The zero-order valence-corrected chi connectivity index (χ0v) is 11.0. The quantitative estimate of drug-likeness (QED) is 0.624. The number of Topliss-reactive ketones (excluding diaryl/α,β-unsaturated/α-hetero) is 1. The van der Waals surface area contributed by atoms with Gasteiger partial charge in [-0.3, -0.25) is 9.59 Å². The molecule has 4 nitrogen and oxygen atoms in total. The minimum atomic E-state index is -1.54. The summed E-state index contributed by atoms with van der Waals surface area (Å²) < 4.78 is 36.3. The second-order valence-electron chi connectivity index (χ2n) is 4.40. The fourth-order valence-electron chi connectivity index (χ4n) is 1.67. The molecule has 0 amide bonds. The number of hydrogen-bond donors (Lipinski definition) is 0. The molecule has 19 heavy (non-hydrogen) atoms. The van der Waals surface area contributed by atoms with Gasteiger partial charge in [0.2, 0.25) is 5.78 Å². The van der Waals surface area contributed by atoms with Gasteiger partial charge in [-0.25, -0.2) is 8.78 Å². The minimum absolute atomic E-state index is 0.314. The molecule has 6 heteroatoms. The van der Waals surface area contributed by atoms with Crippen LogP contribution in [0.3, 0.4) is 0 Å². The largest absolute Gasteiger partial charge is 0.493 e. The van der Waals surface area contributed by atoms with E-state index in [9.17, 15) is 18.4 Å². The van der Waals surface area contributed by atoms with Crippen molar-refractivity contribution < 1.29 is 27.8 Å². The molecule has 0 bridgehead atoms. The van der Waals surface area contributed by atoms with Crippen molar-refractivity contribution >= 4 is 11.8 Å². The number of carbonyl (C=O) groups excluding carboxylic acids is 2. The van der Waals surface area contributed by atoms with E-state index in [-0.39, 0.29) is 11.3 Å². The van der Waals surface area contributed by atoms with Gasteiger partial charge >= 0.3 is 5.97 Å². The SMILES string of the molecule is COc1c(F)cc(F)cc1C(=O)C(C)(C)OC(C)=O. The van der Waals surface area contributed by atoms with E-state index in [2.05, 4.69) is 0 Å². The maximum absolute atomic E-state index is 13.5. The van der Waals surface area contributed by atoms with E-state index in [1.165, 1.54) is 13.8 Å². The number of methoxy groups -OCH3 is 1. The molecule has 0 saturated carbocycles. The number of benzene rings is 1. The lowest BCUT2D eigenvalue weighted by Crippen LogP contribution is -2.37. The van der Waals surface area contributed by atoms with Gasteiger partial charge in [0.25, 0.3) is 0 Å². The van der Waals surface area contributed by atoms with Crippen molar-refractivity contribution in [1.29, 1.82) is 0 Å². The van der Waals surface area contributed by atoms with Crippen molar-refractivity contribution in [3.63, 3.8) is 0 Å². The summed E-state index contributed by atoms with van der Waals surface area (Å²) in [6.07, 6.45) is 0. The molecule has 0 atom stereocenters. The van der Waals surface area contributed by atoms with Crippen molar-refractivity contribution in [2.45, 2.75) is 26.4 Å². The first-order chi connectivity index (χ1) is 8.69. The van der Waals surface area contributed by atoms with Crippen LogP contribution in [0.1, 0.15) is 31.1 Å². The van der Waals surface area contributed by atoms with Crippen LogP contribution in [0.5, 0.6) is 5.75 Å². The molecule has 0 unspecified atom stereocenters. The molecular weight excluding hydrogens is 258 g/mol. The van der Waals surface area contributed by atoms with Gasteiger partial charge in [0.05, 0.1) is 12.7 Å². The van der Waals surface area contributed by atoms with Crippen molar-refractivity contribution in [3.05, 3.63) is 29.3 Å². The van der Waals surface area contributed by atoms with Crippen LogP contribution < -0.4 is 4.74 Å². The second kappa shape index (κ2) is 5.34. The standard InChI is InChI=1S/C13H14F2O4/c1-7(16)19-13(2,3)12(17)9-5-8(14)6-10(15)11(9)18-4/h5-6H,1-4H3. The summed E-state index contributed by atoms with van der Waals surface area (Å²) in [4.78, 5) is 23.1. The molecule has 0 aliphatic carbocycles. The summed E-state index contributed by atoms with van der Waals surface area (Å²) in [5.74, 6) is -3.72. The summed E-state index contributed by atoms with van der Waals surface area (Å²) in [5.41, 5.74) is -1.86. The van der Waals surface area contributed by atoms with E-state index < -0.39 is 29.0 Å². The van der Waals surface area contributed by atoms with Gasteiger partial charge in [-0.05, 0) is 19.9 Å². The van der Waals surface area contributed by atoms with Gasteiger partial charge in [0.1, 0.15) is 5.82 Å². The van der Waals surface area contributed by atoms with Crippen LogP contribution in [-0.4, -0.2) is 24.5 Å². The smallest absolute Gasteiger partial charge is 0.303 e. The Bertz CT molecular complexity index is 524. The molecule has 0 radical (unpaired) electrons. The Morgan fingerprint density at radius 3 is 2.26 bits per heavy atom. The van der Waals surface area contributed by atoms with Crippen molar-refractivity contribution in [2.24, 2.45) is 0 Å². The number of hydrogen-bond acceptors (Lipinski definition) is 4. The van der Waals surface area contributed by atoms with Crippen LogP contribution >= 0.6 is 0 Å². The number of ether oxygens (including phenoxy) is 2. The summed E-state index contributed by atoms with van der Waals surface area (Å²) >= 11 is 0. The number of esters is 1. The molecule has 1 aromatic carbocycles. The summed E-state index contributed by atoms with van der Waals surface area (Å²) in [6, 6.07) is 1.45. The number of rotatable bonds is 4. The van der Waals surface area contributed by atoms with Crippen LogP contribution in [0, 0.1) is 11.6 Å². The summed E-state index contributed by atoms with van der Waals surface area (Å²) in [7, 11) is 1.16. The van der Waals surface area contributed by atoms with E-state index in [0.717, 1.165) is 20.1 Å². The van der Waals surface area contributed by atoms with Crippen LogP contribution in [0.2, 0.25) is 0 Å². The lowest BCUT2D eigenvalue weighted by molar-refractivity contribution is -0.149. The van der Waals surface area contributed by atoms with E-state index >= 15 is 0 Å². The zero-order chi connectivity index (χ0) is 14.8. The Hall–Kier alpha value is -1.98. The predicted molar refractivity (Wildman–Crippen MR) is 63.1 cm³/mol. The molecule has 0 fully saturated rings. The van der Waals surface area contributed by atoms with E-state index in [1.807, 2.05) is 0 Å². The van der Waals surface area contributed by atoms with Crippen molar-refractivity contribution in [1.82, 2.24) is 0 Å². The molecule has 0 aliphatic heterocycles. The van der Waals surface area contributed by atoms with E-state index in [4.69, 9.17) is 9.47 Å². The van der Waals surface area contributed by atoms with E-state index in [1.54, 1.807) is 0 Å². The fourth-order valence-corrected chi connectivity index (χ4v) is 1.67. The van der Waals surface area contributed by atoms with Crippen LogP contribution in [0.15, 0.2) is 12.1 Å². The number of halogens is 2. The van der Waals surface area contributed by atoms with Gasteiger partial charge < -0.3 is 9.47 Å². The molecule has 104 valence electrons. The average Bonchev–Trinajstić information content (AvgIpc) is 2.25. The minimum Gasteiger partial charge on any atom is -0.493 e. The molecule has 0 aliphatic rings. The first-order valence-electron chi connectivity index (χ1n) is 5.46. The highest BCUT2D eigenvalue weighted by Gasteiger charge is 2.35. The highest BCUT2D eigenvalue weighted by atomic mass is 19.1. The Labute approximate surface area is 109 Å². The maximum Gasteiger partial charge on any atom is 0.303 e. The molecule has 0 saturated heterocycles. The van der Waals surface area contributed by atoms with Gasteiger partial charge in [0.15, 0.2) is 17.2 Å². The average molecular weight is 272 g/mol. The van der Waals surface area contributed by atoms with Gasteiger partial charge in [-0.2, -0.15) is 0 Å². The lowest BCUT2D eigenvalue weighted by atomic mass is 9.95. The Kier molecular flexibility index (Phi) is 4.24. The third-order valence-corrected chi connectivity index (χ3v) is 2.40. The topological polar surface area (TPSA) is 52.6 Å². The molecular formula is C13H14F2O4. The maximum atomic E-state index is 13.5. The van der Waals surface area contributed by atoms with Crippen LogP contribution in [0.4, 0.5) is 8.78 Å². The number of carbonyl (C=O) groups is 2. The van der Waals surface area contributed by atoms with Gasteiger partial charge in [0, 0.05) is 13.0 Å². The number of ketones is 1. The van der Waals surface area contributed by atoms with Crippen molar-refractivity contribution in [2.75, 3.05) is 7.11 Å². The highest BCUT2D eigenvalue weighted by molar-refractivity contribution is 6.05. The van der Waals surface area contributed by atoms with Crippen LogP contribution in [-0.2, 0) is 9.53 Å². The Balaban J connectivity index is 3.29. The molecule has 0 N–H and O–H groups in total. The third-order valence-electron chi connectivity index (χ3n) is 2.40. The Morgan fingerprint density at radius 2 is 1.79 bits per heavy atom. The molecule has 1 aromatic rings. The normalized spacial score (nSPS) is 11.1. The third kappa shape index (κ3) is 3.27. The monoisotopic (exact) mass is 272 g/mol. The predicted octanol–water partition coefficient (Wildman–Crippen LogP) is 2.50. The summed E-state index contributed by atoms with van der Waals surface area (Å²) in [6.45, 7) is 3.80. The highest BCUT2D eigenvalue weighted by Crippen LogP contribution is 2.28. The first kappa shape index (κ1) is 15.1. The zero-order valence-electron chi connectivity index (χ0n) is 11.0. The van der Waals surface area contributed by atoms with Gasteiger partial charge in [-0.15, -0.1) is 0 Å². The Morgan fingerprint density at radius 1 is 1.21 bits per heavy atom. The van der Waals surface area contributed by atoms with Crippen LogP contribution in [0.25, 0.3) is 0 Å². The fraction of sp³-hybridized carbons (Fsp3) is 0.385. The van der Waals surface area contributed by atoms with Crippen molar-refractivity contribution in [3.8, 4) is 5.75 Å². The first-order valence-corrected chi connectivity index (χ1v) is 5.46. The van der Waals surface area contributed by atoms with Gasteiger partial charge in [-0.1, -0.05) is 0 Å². The molecule has 0 spiro atoms. The molecule has 0 aromatic heterocycles. The second-order valence-corrected chi connectivity index (χ2v) is 4.40. The lowest BCUT2D eigenvalue weighted by Gasteiger charge is -2.23.